The van der Waals surface area contributed by atoms with E-state index in [4.69, 9.17) is 10.7 Å². The van der Waals surface area contributed by atoms with Gasteiger partial charge in [0, 0.05) is 29.3 Å². The first kappa shape index (κ1) is 19.8. The summed E-state index contributed by atoms with van der Waals surface area (Å²) in [5.41, 5.74) is 10.3. The van der Waals surface area contributed by atoms with Crippen LogP contribution in [0.15, 0.2) is 59.5 Å². The molecule has 156 valence electrons. The van der Waals surface area contributed by atoms with Crippen LogP contribution in [0.25, 0.3) is 33.4 Å². The lowest BCUT2D eigenvalue weighted by molar-refractivity contribution is 0.145. The van der Waals surface area contributed by atoms with Crippen molar-refractivity contribution in [1.82, 2.24) is 19.9 Å². The second-order valence-corrected chi connectivity index (χ2v) is 8.47. The minimum Gasteiger partial charge on any atom is -0.393 e. The monoisotopic (exact) mass is 476 g/mol. The van der Waals surface area contributed by atoms with Crippen LogP contribution in [0.2, 0.25) is 0 Å². The Morgan fingerprint density at radius 2 is 1.81 bits per heavy atom. The summed E-state index contributed by atoms with van der Waals surface area (Å²) < 4.78 is 0.956. The van der Waals surface area contributed by atoms with E-state index >= 15 is 0 Å². The van der Waals surface area contributed by atoms with Gasteiger partial charge < -0.3 is 15.7 Å². The van der Waals surface area contributed by atoms with Crippen molar-refractivity contribution in [2.45, 2.75) is 18.9 Å². The maximum Gasteiger partial charge on any atom is 0.165 e. The molecule has 1 aliphatic heterocycles. The van der Waals surface area contributed by atoms with Crippen LogP contribution in [-0.4, -0.2) is 44.2 Å². The SMILES string of the molecule is Nc1ncnc2nc(-c3ccc(N4CCC(O)CC4)nc3)cc(-c3ccccc3Br)c12. The predicted molar refractivity (Wildman–Crippen MR) is 126 cm³/mol. The third kappa shape index (κ3) is 3.84. The van der Waals surface area contributed by atoms with Crippen LogP contribution in [0.1, 0.15) is 12.8 Å². The van der Waals surface area contributed by atoms with Gasteiger partial charge in [-0.1, -0.05) is 34.1 Å². The molecule has 1 aromatic carbocycles. The maximum atomic E-state index is 9.73. The van der Waals surface area contributed by atoms with E-state index in [9.17, 15) is 5.11 Å². The number of anilines is 2. The predicted octanol–water partition coefficient (Wildman–Crippen LogP) is 4.06. The minimum absolute atomic E-state index is 0.206. The minimum atomic E-state index is -0.206. The van der Waals surface area contributed by atoms with Gasteiger partial charge in [0.25, 0.3) is 0 Å². The third-order valence-corrected chi connectivity index (χ3v) is 6.32. The quantitative estimate of drug-likeness (QED) is 0.459. The molecule has 1 fully saturated rings. The Morgan fingerprint density at radius 1 is 1.00 bits per heavy atom. The number of rotatable bonds is 3. The molecule has 1 aliphatic rings. The number of aromatic nitrogens is 4. The van der Waals surface area contributed by atoms with Crippen molar-refractivity contribution >= 4 is 38.6 Å². The topological polar surface area (TPSA) is 101 Å². The normalized spacial score (nSPS) is 14.8. The molecule has 7 nitrogen and oxygen atoms in total. The van der Waals surface area contributed by atoms with Crippen LogP contribution in [0.3, 0.4) is 0 Å². The van der Waals surface area contributed by atoms with Gasteiger partial charge >= 0.3 is 0 Å². The molecule has 4 heterocycles. The summed E-state index contributed by atoms with van der Waals surface area (Å²) in [7, 11) is 0. The zero-order chi connectivity index (χ0) is 21.4. The van der Waals surface area contributed by atoms with Gasteiger partial charge in [-0.3, -0.25) is 0 Å². The number of nitrogen functional groups attached to an aromatic ring is 1. The Bertz CT molecular complexity index is 1240. The number of hydrogen-bond donors (Lipinski definition) is 2. The van der Waals surface area contributed by atoms with Crippen molar-refractivity contribution in [3.63, 3.8) is 0 Å². The first-order valence-electron chi connectivity index (χ1n) is 10.2. The molecular formula is C23H21BrN6O. The number of nitrogens with two attached hydrogens (primary N) is 1. The Balaban J connectivity index is 1.59. The van der Waals surface area contributed by atoms with E-state index in [1.165, 1.54) is 6.33 Å². The number of nitrogens with zero attached hydrogens (tertiary/aromatic N) is 5. The van der Waals surface area contributed by atoms with Gasteiger partial charge in [-0.25, -0.2) is 19.9 Å². The Kier molecular flexibility index (Phi) is 5.25. The van der Waals surface area contributed by atoms with Crippen molar-refractivity contribution in [3.8, 4) is 22.4 Å². The molecule has 4 aromatic rings. The van der Waals surface area contributed by atoms with Crippen molar-refractivity contribution in [3.05, 3.63) is 59.5 Å². The summed E-state index contributed by atoms with van der Waals surface area (Å²) in [5.74, 6) is 1.31. The molecule has 0 atom stereocenters. The van der Waals surface area contributed by atoms with Crippen molar-refractivity contribution in [1.29, 1.82) is 0 Å². The lowest BCUT2D eigenvalue weighted by Crippen LogP contribution is -2.36. The molecule has 5 rings (SSSR count). The number of halogens is 1. The molecule has 0 unspecified atom stereocenters. The van der Waals surface area contributed by atoms with E-state index < -0.39 is 0 Å². The molecule has 0 radical (unpaired) electrons. The summed E-state index contributed by atoms with van der Waals surface area (Å²) in [5, 5.41) is 10.5. The van der Waals surface area contributed by atoms with Gasteiger partial charge in [0.15, 0.2) is 5.65 Å². The van der Waals surface area contributed by atoms with E-state index in [2.05, 4.69) is 35.8 Å². The molecule has 8 heteroatoms. The smallest absolute Gasteiger partial charge is 0.165 e. The van der Waals surface area contributed by atoms with Crippen LogP contribution in [0, 0.1) is 0 Å². The fraction of sp³-hybridized carbons (Fsp3) is 0.217. The van der Waals surface area contributed by atoms with E-state index in [0.29, 0.717) is 11.5 Å². The fourth-order valence-electron chi connectivity index (χ4n) is 3.95. The van der Waals surface area contributed by atoms with E-state index in [-0.39, 0.29) is 6.10 Å². The van der Waals surface area contributed by atoms with Crippen LogP contribution < -0.4 is 10.6 Å². The first-order chi connectivity index (χ1) is 15.1. The standard InChI is InChI=1S/C23H21BrN6O/c24-18-4-2-1-3-16(18)17-11-19(29-23-21(17)22(25)27-13-28-23)14-5-6-20(26-12-14)30-9-7-15(31)8-10-30/h1-6,11-13,15,31H,7-10H2,(H2,25,27,28,29). The molecular weight excluding hydrogens is 456 g/mol. The Hall–Kier alpha value is -3.10. The lowest BCUT2D eigenvalue weighted by atomic mass is 10.0. The first-order valence-corrected chi connectivity index (χ1v) is 10.9. The van der Waals surface area contributed by atoms with Gasteiger partial charge in [0.1, 0.15) is 18.0 Å². The average Bonchev–Trinajstić information content (AvgIpc) is 2.80. The summed E-state index contributed by atoms with van der Waals surface area (Å²) >= 11 is 3.64. The van der Waals surface area contributed by atoms with E-state index in [0.717, 1.165) is 64.0 Å². The highest BCUT2D eigenvalue weighted by atomic mass is 79.9. The zero-order valence-corrected chi connectivity index (χ0v) is 18.3. The molecule has 0 spiro atoms. The van der Waals surface area contributed by atoms with E-state index in [1.807, 2.05) is 48.7 Å². The third-order valence-electron chi connectivity index (χ3n) is 5.63. The van der Waals surface area contributed by atoms with Gasteiger partial charge in [0.2, 0.25) is 0 Å². The highest BCUT2D eigenvalue weighted by Gasteiger charge is 2.19. The number of aliphatic hydroxyl groups excluding tert-OH is 1. The lowest BCUT2D eigenvalue weighted by Gasteiger charge is -2.30. The molecule has 1 saturated heterocycles. The molecule has 3 aromatic heterocycles. The Labute approximate surface area is 188 Å². The molecule has 0 bridgehead atoms. The van der Waals surface area contributed by atoms with Gasteiger partial charge in [-0.05, 0) is 48.2 Å². The number of hydrogen-bond acceptors (Lipinski definition) is 7. The van der Waals surface area contributed by atoms with Gasteiger partial charge in [0.05, 0.1) is 17.2 Å². The summed E-state index contributed by atoms with van der Waals surface area (Å²) in [6.07, 6.45) is 4.60. The van der Waals surface area contributed by atoms with Crippen LogP contribution in [0.4, 0.5) is 11.6 Å². The van der Waals surface area contributed by atoms with Crippen LogP contribution >= 0.6 is 15.9 Å². The number of piperidine rings is 1. The molecule has 31 heavy (non-hydrogen) atoms. The molecule has 0 amide bonds. The van der Waals surface area contributed by atoms with Gasteiger partial charge in [-0.2, -0.15) is 0 Å². The van der Waals surface area contributed by atoms with Crippen molar-refractivity contribution in [2.75, 3.05) is 23.7 Å². The second kappa shape index (κ2) is 8.20. The summed E-state index contributed by atoms with van der Waals surface area (Å²) in [6.45, 7) is 1.62. The fourth-order valence-corrected chi connectivity index (χ4v) is 4.45. The molecule has 0 aliphatic carbocycles. The second-order valence-electron chi connectivity index (χ2n) is 7.62. The van der Waals surface area contributed by atoms with Crippen LogP contribution in [0.5, 0.6) is 0 Å². The summed E-state index contributed by atoms with van der Waals surface area (Å²) in [6, 6.07) is 14.0. The number of aliphatic hydroxyl groups is 1. The van der Waals surface area contributed by atoms with Crippen molar-refractivity contribution in [2.24, 2.45) is 0 Å². The molecule has 3 N–H and O–H groups in total. The highest BCUT2D eigenvalue weighted by Crippen LogP contribution is 2.37. The van der Waals surface area contributed by atoms with Crippen molar-refractivity contribution < 1.29 is 5.11 Å². The maximum absolute atomic E-state index is 9.73. The largest absolute Gasteiger partial charge is 0.393 e. The van der Waals surface area contributed by atoms with Gasteiger partial charge in [-0.15, -0.1) is 0 Å². The highest BCUT2D eigenvalue weighted by molar-refractivity contribution is 9.10. The number of fused-ring (bicyclic) bond motifs is 1. The Morgan fingerprint density at radius 3 is 2.55 bits per heavy atom. The summed E-state index contributed by atoms with van der Waals surface area (Å²) in [4.78, 5) is 20.1. The number of pyridine rings is 2. The average molecular weight is 477 g/mol. The van der Waals surface area contributed by atoms with E-state index in [1.54, 1.807) is 0 Å². The number of benzene rings is 1. The van der Waals surface area contributed by atoms with Crippen LogP contribution in [-0.2, 0) is 0 Å². The molecule has 0 saturated carbocycles. The zero-order valence-electron chi connectivity index (χ0n) is 16.7.